The molecule has 0 aromatic heterocycles. The lowest BCUT2D eigenvalue weighted by Crippen LogP contribution is -2.32. The number of aryl methyl sites for hydroxylation is 1. The molecule has 0 aliphatic carbocycles. The van der Waals surface area contributed by atoms with Crippen molar-refractivity contribution in [1.29, 1.82) is 0 Å². The van der Waals surface area contributed by atoms with E-state index in [0.29, 0.717) is 12.1 Å². The number of benzene rings is 1. The van der Waals surface area contributed by atoms with Crippen LogP contribution in [0.15, 0.2) is 35.3 Å². The lowest BCUT2D eigenvalue weighted by molar-refractivity contribution is 0.0773. The molecule has 0 saturated carbocycles. The lowest BCUT2D eigenvalue weighted by Gasteiger charge is -2.21. The van der Waals surface area contributed by atoms with Crippen LogP contribution in [0, 0.1) is 6.92 Å². The molecule has 1 aromatic rings. The van der Waals surface area contributed by atoms with Crippen molar-refractivity contribution >= 4 is 21.8 Å². The van der Waals surface area contributed by atoms with Crippen molar-refractivity contribution in [3.8, 4) is 0 Å². The van der Waals surface area contributed by atoms with Crippen molar-refractivity contribution in [2.75, 3.05) is 13.1 Å². The zero-order valence-electron chi connectivity index (χ0n) is 10.4. The van der Waals surface area contributed by atoms with E-state index in [0.717, 1.165) is 23.0 Å². The van der Waals surface area contributed by atoms with Gasteiger partial charge in [0.25, 0.3) is 5.91 Å². The highest BCUT2D eigenvalue weighted by Gasteiger charge is 2.16. The van der Waals surface area contributed by atoms with Crippen LogP contribution in [0.2, 0.25) is 0 Å². The summed E-state index contributed by atoms with van der Waals surface area (Å²) < 4.78 is 0.854. The van der Waals surface area contributed by atoms with Crippen LogP contribution < -0.4 is 0 Å². The number of carbonyl (C=O) groups is 1. The first kappa shape index (κ1) is 14.0. The number of halogens is 1. The fourth-order valence-corrected chi connectivity index (χ4v) is 2.33. The van der Waals surface area contributed by atoms with Crippen LogP contribution in [0.4, 0.5) is 0 Å². The maximum atomic E-state index is 12.3. The molecule has 0 aliphatic rings. The third kappa shape index (κ3) is 3.70. The Kier molecular flexibility index (Phi) is 5.42. The molecule has 2 nitrogen and oxygen atoms in total. The molecule has 17 heavy (non-hydrogen) atoms. The first-order valence-corrected chi connectivity index (χ1v) is 6.55. The molecule has 3 heteroatoms. The highest BCUT2D eigenvalue weighted by Crippen LogP contribution is 2.20. The SMILES string of the molecule is C=CCN(CCC)C(=O)c1ccc(C)cc1Br. The minimum Gasteiger partial charge on any atom is -0.335 e. The molecular weight excluding hydrogens is 278 g/mol. The number of rotatable bonds is 5. The Bertz CT molecular complexity index is 415. The third-order valence-corrected chi connectivity index (χ3v) is 3.14. The van der Waals surface area contributed by atoms with Crippen LogP contribution in [0.3, 0.4) is 0 Å². The second kappa shape index (κ2) is 6.60. The van der Waals surface area contributed by atoms with Gasteiger partial charge in [-0.1, -0.05) is 19.1 Å². The Morgan fingerprint density at radius 2 is 2.24 bits per heavy atom. The maximum Gasteiger partial charge on any atom is 0.255 e. The largest absolute Gasteiger partial charge is 0.335 e. The topological polar surface area (TPSA) is 20.3 Å². The molecule has 0 aliphatic heterocycles. The first-order chi connectivity index (χ1) is 8.10. The molecule has 0 spiro atoms. The molecular formula is C14H18BrNO. The minimum absolute atomic E-state index is 0.0543. The molecule has 1 rings (SSSR count). The van der Waals surface area contributed by atoms with Crippen molar-refractivity contribution in [3.63, 3.8) is 0 Å². The molecule has 0 heterocycles. The van der Waals surface area contributed by atoms with Gasteiger partial charge in [0.15, 0.2) is 0 Å². The van der Waals surface area contributed by atoms with Gasteiger partial charge in [0.2, 0.25) is 0 Å². The van der Waals surface area contributed by atoms with Crippen LogP contribution in [0.5, 0.6) is 0 Å². The maximum absolute atomic E-state index is 12.3. The van der Waals surface area contributed by atoms with Crippen molar-refractivity contribution < 1.29 is 4.79 Å². The lowest BCUT2D eigenvalue weighted by atomic mass is 10.1. The Morgan fingerprint density at radius 1 is 1.53 bits per heavy atom. The summed E-state index contributed by atoms with van der Waals surface area (Å²) in [5.74, 6) is 0.0543. The van der Waals surface area contributed by atoms with E-state index in [1.165, 1.54) is 0 Å². The molecule has 1 amide bonds. The highest BCUT2D eigenvalue weighted by molar-refractivity contribution is 9.10. The monoisotopic (exact) mass is 295 g/mol. The highest BCUT2D eigenvalue weighted by atomic mass is 79.9. The Hall–Kier alpha value is -1.09. The second-order valence-electron chi connectivity index (χ2n) is 4.02. The smallest absolute Gasteiger partial charge is 0.255 e. The van der Waals surface area contributed by atoms with Crippen LogP contribution in [0.25, 0.3) is 0 Å². The molecule has 0 radical (unpaired) electrons. The van der Waals surface area contributed by atoms with Gasteiger partial charge in [-0.25, -0.2) is 0 Å². The van der Waals surface area contributed by atoms with Gasteiger partial charge >= 0.3 is 0 Å². The summed E-state index contributed by atoms with van der Waals surface area (Å²) in [6.07, 6.45) is 2.71. The molecule has 0 N–H and O–H groups in total. The normalized spacial score (nSPS) is 10.1. The molecule has 0 saturated heterocycles. The molecule has 0 atom stereocenters. The van der Waals surface area contributed by atoms with Crippen LogP contribution in [0.1, 0.15) is 29.3 Å². The van der Waals surface area contributed by atoms with Gasteiger partial charge in [0, 0.05) is 17.6 Å². The number of amides is 1. The van der Waals surface area contributed by atoms with Gasteiger partial charge in [0.05, 0.1) is 5.56 Å². The second-order valence-corrected chi connectivity index (χ2v) is 4.88. The van der Waals surface area contributed by atoms with Gasteiger partial charge in [0.1, 0.15) is 0 Å². The van der Waals surface area contributed by atoms with Crippen molar-refractivity contribution in [2.45, 2.75) is 20.3 Å². The molecule has 0 unspecified atom stereocenters. The zero-order valence-corrected chi connectivity index (χ0v) is 12.0. The number of hydrogen-bond acceptors (Lipinski definition) is 1. The van der Waals surface area contributed by atoms with Gasteiger partial charge < -0.3 is 4.90 Å². The van der Waals surface area contributed by atoms with E-state index >= 15 is 0 Å². The first-order valence-electron chi connectivity index (χ1n) is 5.76. The Labute approximate surface area is 111 Å². The van der Waals surface area contributed by atoms with Crippen molar-refractivity contribution in [1.82, 2.24) is 4.90 Å². The van der Waals surface area contributed by atoms with E-state index in [1.54, 1.807) is 6.08 Å². The van der Waals surface area contributed by atoms with E-state index in [4.69, 9.17) is 0 Å². The standard InChI is InChI=1S/C14H18BrNO/c1-4-8-16(9-5-2)14(17)12-7-6-11(3)10-13(12)15/h4,6-7,10H,1,5,8-9H2,2-3H3. The Balaban J connectivity index is 2.96. The minimum atomic E-state index is 0.0543. The zero-order chi connectivity index (χ0) is 12.8. The van der Waals surface area contributed by atoms with Gasteiger partial charge in [-0.15, -0.1) is 6.58 Å². The van der Waals surface area contributed by atoms with Gasteiger partial charge in [-0.05, 0) is 47.0 Å². The quantitative estimate of drug-likeness (QED) is 0.757. The molecule has 1 aromatic carbocycles. The average molecular weight is 296 g/mol. The van der Waals surface area contributed by atoms with E-state index in [-0.39, 0.29) is 5.91 Å². The summed E-state index contributed by atoms with van der Waals surface area (Å²) in [7, 11) is 0. The summed E-state index contributed by atoms with van der Waals surface area (Å²) in [4.78, 5) is 14.1. The molecule has 0 fully saturated rings. The van der Waals surface area contributed by atoms with E-state index in [9.17, 15) is 4.79 Å². The Morgan fingerprint density at radius 3 is 2.76 bits per heavy atom. The predicted molar refractivity (Wildman–Crippen MR) is 75.3 cm³/mol. The average Bonchev–Trinajstić information content (AvgIpc) is 2.28. The fourth-order valence-electron chi connectivity index (χ4n) is 1.67. The molecule has 0 bridgehead atoms. The van der Waals surface area contributed by atoms with E-state index in [2.05, 4.69) is 29.4 Å². The summed E-state index contributed by atoms with van der Waals surface area (Å²) in [5.41, 5.74) is 1.85. The molecule has 92 valence electrons. The van der Waals surface area contributed by atoms with E-state index < -0.39 is 0 Å². The predicted octanol–water partition coefficient (Wildman–Crippen LogP) is 3.80. The van der Waals surface area contributed by atoms with E-state index in [1.807, 2.05) is 30.0 Å². The van der Waals surface area contributed by atoms with Crippen LogP contribution in [-0.2, 0) is 0 Å². The fraction of sp³-hybridized carbons (Fsp3) is 0.357. The number of carbonyl (C=O) groups excluding carboxylic acids is 1. The van der Waals surface area contributed by atoms with Crippen molar-refractivity contribution in [2.24, 2.45) is 0 Å². The summed E-state index contributed by atoms with van der Waals surface area (Å²) in [6.45, 7) is 9.10. The summed E-state index contributed by atoms with van der Waals surface area (Å²) in [6, 6.07) is 5.79. The van der Waals surface area contributed by atoms with Gasteiger partial charge in [-0.3, -0.25) is 4.79 Å². The summed E-state index contributed by atoms with van der Waals surface area (Å²) >= 11 is 3.44. The third-order valence-electron chi connectivity index (χ3n) is 2.49. The summed E-state index contributed by atoms with van der Waals surface area (Å²) in [5, 5.41) is 0. The number of nitrogens with zero attached hydrogens (tertiary/aromatic N) is 1. The van der Waals surface area contributed by atoms with Crippen LogP contribution >= 0.6 is 15.9 Å². The number of hydrogen-bond donors (Lipinski definition) is 0. The van der Waals surface area contributed by atoms with Gasteiger partial charge in [-0.2, -0.15) is 0 Å². The van der Waals surface area contributed by atoms with Crippen molar-refractivity contribution in [3.05, 3.63) is 46.5 Å². The van der Waals surface area contributed by atoms with Crippen LogP contribution in [-0.4, -0.2) is 23.9 Å².